The van der Waals surface area contributed by atoms with Crippen molar-refractivity contribution in [2.45, 2.75) is 25.3 Å². The van der Waals surface area contributed by atoms with Gasteiger partial charge in [-0.1, -0.05) is 0 Å². The first-order valence-corrected chi connectivity index (χ1v) is 8.30. The monoisotopic (exact) mass is 384 g/mol. The van der Waals surface area contributed by atoms with Crippen LogP contribution in [-0.4, -0.2) is 35.7 Å². The van der Waals surface area contributed by atoms with Gasteiger partial charge in [-0.2, -0.15) is 0 Å². The van der Waals surface area contributed by atoms with E-state index >= 15 is 0 Å². The number of halogens is 1. The molecule has 1 aromatic carbocycles. The summed E-state index contributed by atoms with van der Waals surface area (Å²) in [5, 5.41) is 1.30. The minimum atomic E-state index is 0.703. The van der Waals surface area contributed by atoms with Gasteiger partial charge in [-0.25, -0.2) is 0 Å². The minimum absolute atomic E-state index is 0.703. The van der Waals surface area contributed by atoms with Crippen LogP contribution >= 0.6 is 22.6 Å². The molecule has 20 heavy (non-hydrogen) atoms. The number of aromatic nitrogens is 1. The fourth-order valence-corrected chi connectivity index (χ4v) is 3.93. The van der Waals surface area contributed by atoms with E-state index in [4.69, 9.17) is 4.74 Å². The van der Waals surface area contributed by atoms with Crippen LogP contribution in [0, 0.1) is 3.57 Å². The first-order chi connectivity index (χ1) is 9.65. The van der Waals surface area contributed by atoms with E-state index in [1.807, 2.05) is 0 Å². The summed E-state index contributed by atoms with van der Waals surface area (Å²) in [5.41, 5.74) is 1.24. The molecule has 1 aromatic heterocycles. The van der Waals surface area contributed by atoms with E-state index in [1.54, 1.807) is 0 Å². The van der Waals surface area contributed by atoms with E-state index in [0.29, 0.717) is 6.04 Å². The van der Waals surface area contributed by atoms with Gasteiger partial charge in [0.25, 0.3) is 0 Å². The standard InChI is InChI=1S/C16H21IN2O/c1-18-8-3-4-12(18)7-9-20-13-5-6-14-15(17)11-19(2)16(14)10-13/h5-6,10-12H,3-4,7-9H2,1-2H3. The van der Waals surface area contributed by atoms with Crippen molar-refractivity contribution in [3.8, 4) is 5.75 Å². The summed E-state index contributed by atoms with van der Waals surface area (Å²) in [6.45, 7) is 2.04. The molecule has 1 atom stereocenters. The Morgan fingerprint density at radius 2 is 2.20 bits per heavy atom. The quantitative estimate of drug-likeness (QED) is 0.749. The molecule has 1 unspecified atom stereocenters. The maximum Gasteiger partial charge on any atom is 0.121 e. The Kier molecular flexibility index (Phi) is 4.21. The first kappa shape index (κ1) is 14.2. The molecule has 0 saturated carbocycles. The summed E-state index contributed by atoms with van der Waals surface area (Å²) in [6.07, 6.45) is 5.92. The SMILES string of the molecule is CN1CCCC1CCOc1ccc2c(I)cn(C)c2c1. The predicted molar refractivity (Wildman–Crippen MR) is 91.4 cm³/mol. The highest BCUT2D eigenvalue weighted by molar-refractivity contribution is 14.1. The third kappa shape index (κ3) is 2.81. The maximum atomic E-state index is 5.95. The zero-order valence-electron chi connectivity index (χ0n) is 12.1. The molecule has 2 aromatic rings. The summed E-state index contributed by atoms with van der Waals surface area (Å²) in [6, 6.07) is 7.10. The lowest BCUT2D eigenvalue weighted by Crippen LogP contribution is -2.26. The van der Waals surface area contributed by atoms with Gasteiger partial charge < -0.3 is 14.2 Å². The molecule has 2 heterocycles. The van der Waals surface area contributed by atoms with Gasteiger partial charge in [-0.15, -0.1) is 0 Å². The molecule has 3 nitrogen and oxygen atoms in total. The lowest BCUT2D eigenvalue weighted by Gasteiger charge is -2.19. The van der Waals surface area contributed by atoms with Crippen molar-refractivity contribution in [3.63, 3.8) is 0 Å². The molecule has 1 aliphatic heterocycles. The van der Waals surface area contributed by atoms with Gasteiger partial charge in [0.1, 0.15) is 5.75 Å². The highest BCUT2D eigenvalue weighted by atomic mass is 127. The lowest BCUT2D eigenvalue weighted by molar-refractivity contribution is 0.233. The van der Waals surface area contributed by atoms with Crippen molar-refractivity contribution in [3.05, 3.63) is 28.0 Å². The summed E-state index contributed by atoms with van der Waals surface area (Å²) in [4.78, 5) is 2.45. The van der Waals surface area contributed by atoms with Crippen LogP contribution in [0.5, 0.6) is 5.75 Å². The van der Waals surface area contributed by atoms with Crippen LogP contribution in [0.3, 0.4) is 0 Å². The second-order valence-corrected chi connectivity index (χ2v) is 6.84. The smallest absolute Gasteiger partial charge is 0.121 e. The van der Waals surface area contributed by atoms with Gasteiger partial charge in [-0.05, 0) is 67.6 Å². The van der Waals surface area contributed by atoms with Crippen LogP contribution in [0.2, 0.25) is 0 Å². The highest BCUT2D eigenvalue weighted by Crippen LogP contribution is 2.26. The number of hydrogen-bond acceptors (Lipinski definition) is 2. The van der Waals surface area contributed by atoms with Crippen LogP contribution in [0.15, 0.2) is 24.4 Å². The third-order valence-electron chi connectivity index (χ3n) is 4.30. The topological polar surface area (TPSA) is 17.4 Å². The van der Waals surface area contributed by atoms with E-state index in [1.165, 1.54) is 33.9 Å². The van der Waals surface area contributed by atoms with Crippen molar-refractivity contribution >= 4 is 33.5 Å². The number of benzene rings is 1. The molecule has 0 bridgehead atoms. The molecule has 1 saturated heterocycles. The van der Waals surface area contributed by atoms with Crippen molar-refractivity contribution in [2.75, 3.05) is 20.2 Å². The molecule has 4 heteroatoms. The third-order valence-corrected chi connectivity index (χ3v) is 5.16. The van der Waals surface area contributed by atoms with Crippen LogP contribution in [0.25, 0.3) is 10.9 Å². The van der Waals surface area contributed by atoms with Crippen LogP contribution < -0.4 is 4.74 Å². The summed E-state index contributed by atoms with van der Waals surface area (Å²) in [7, 11) is 4.30. The Balaban J connectivity index is 1.64. The Morgan fingerprint density at radius 3 is 2.95 bits per heavy atom. The molecule has 0 aliphatic carbocycles. The number of aryl methyl sites for hydroxylation is 1. The van der Waals surface area contributed by atoms with Crippen LogP contribution in [-0.2, 0) is 7.05 Å². The Hall–Kier alpha value is -0.750. The number of nitrogens with zero attached hydrogens (tertiary/aromatic N) is 2. The number of fused-ring (bicyclic) bond motifs is 1. The molecule has 1 fully saturated rings. The Morgan fingerprint density at radius 1 is 1.35 bits per heavy atom. The van der Waals surface area contributed by atoms with E-state index in [2.05, 4.69) is 70.5 Å². The van der Waals surface area contributed by atoms with Crippen molar-refractivity contribution in [2.24, 2.45) is 7.05 Å². The van der Waals surface area contributed by atoms with E-state index in [9.17, 15) is 0 Å². The summed E-state index contributed by atoms with van der Waals surface area (Å²) < 4.78 is 9.40. The molecule has 108 valence electrons. The second kappa shape index (κ2) is 5.93. The summed E-state index contributed by atoms with van der Waals surface area (Å²) >= 11 is 2.38. The number of rotatable bonds is 4. The van der Waals surface area contributed by atoms with Gasteiger partial charge in [0, 0.05) is 34.3 Å². The Labute approximate surface area is 134 Å². The number of likely N-dealkylation sites (tertiary alicyclic amines) is 1. The Bertz CT molecular complexity index is 608. The van der Waals surface area contributed by atoms with Crippen LogP contribution in [0.4, 0.5) is 0 Å². The number of ether oxygens (including phenoxy) is 1. The van der Waals surface area contributed by atoms with Crippen molar-refractivity contribution in [1.29, 1.82) is 0 Å². The molecule has 0 N–H and O–H groups in total. The first-order valence-electron chi connectivity index (χ1n) is 7.23. The van der Waals surface area contributed by atoms with E-state index in [-0.39, 0.29) is 0 Å². The average molecular weight is 384 g/mol. The minimum Gasteiger partial charge on any atom is -0.493 e. The van der Waals surface area contributed by atoms with Crippen molar-refractivity contribution in [1.82, 2.24) is 9.47 Å². The second-order valence-electron chi connectivity index (χ2n) is 5.68. The van der Waals surface area contributed by atoms with Gasteiger partial charge in [-0.3, -0.25) is 0 Å². The van der Waals surface area contributed by atoms with Gasteiger partial charge in [0.05, 0.1) is 12.1 Å². The molecule has 3 rings (SSSR count). The van der Waals surface area contributed by atoms with Gasteiger partial charge in [0.2, 0.25) is 0 Å². The fraction of sp³-hybridized carbons (Fsp3) is 0.500. The predicted octanol–water partition coefficient (Wildman–Crippen LogP) is 3.65. The van der Waals surface area contributed by atoms with Gasteiger partial charge in [0.15, 0.2) is 0 Å². The fourth-order valence-electron chi connectivity index (χ4n) is 3.06. The molecule has 1 aliphatic rings. The molecular formula is C16H21IN2O. The maximum absolute atomic E-state index is 5.95. The molecule has 0 spiro atoms. The molecule has 0 amide bonds. The largest absolute Gasteiger partial charge is 0.493 e. The van der Waals surface area contributed by atoms with Crippen LogP contribution in [0.1, 0.15) is 19.3 Å². The van der Waals surface area contributed by atoms with E-state index < -0.39 is 0 Å². The summed E-state index contributed by atoms with van der Waals surface area (Å²) in [5.74, 6) is 0.982. The normalized spacial score (nSPS) is 19.9. The zero-order valence-corrected chi connectivity index (χ0v) is 14.3. The van der Waals surface area contributed by atoms with E-state index in [0.717, 1.165) is 18.8 Å². The van der Waals surface area contributed by atoms with Crippen molar-refractivity contribution < 1.29 is 4.74 Å². The average Bonchev–Trinajstić information content (AvgIpc) is 2.95. The lowest BCUT2D eigenvalue weighted by atomic mass is 10.1. The van der Waals surface area contributed by atoms with Gasteiger partial charge >= 0.3 is 0 Å². The zero-order chi connectivity index (χ0) is 14.1. The number of hydrogen-bond donors (Lipinski definition) is 0. The highest BCUT2D eigenvalue weighted by Gasteiger charge is 2.20. The molecule has 0 radical (unpaired) electrons. The molecular weight excluding hydrogens is 363 g/mol.